The summed E-state index contributed by atoms with van der Waals surface area (Å²) >= 11 is 1.24. The van der Waals surface area contributed by atoms with Crippen molar-refractivity contribution in [3.63, 3.8) is 0 Å². The number of carbonyl (C=O) groups is 3. The first kappa shape index (κ1) is 17.0. The Labute approximate surface area is 125 Å². The van der Waals surface area contributed by atoms with Crippen molar-refractivity contribution < 1.29 is 29.3 Å². The molecule has 0 aliphatic heterocycles. The number of aliphatic carboxylic acids is 2. The maximum absolute atomic E-state index is 11.9. The highest BCUT2D eigenvalue weighted by atomic mass is 32.1. The molecule has 0 unspecified atom stereocenters. The molecular formula is C13H17NO6S. The molecule has 2 N–H and O–H groups in total. The topological polar surface area (TPSA) is 104 Å². The summed E-state index contributed by atoms with van der Waals surface area (Å²) in [5.41, 5.74) is 0.269. The van der Waals surface area contributed by atoms with Crippen molar-refractivity contribution >= 4 is 34.2 Å². The van der Waals surface area contributed by atoms with E-state index in [1.807, 2.05) is 0 Å². The number of carboxylic acid groups (broad SMARTS) is 2. The predicted octanol–water partition coefficient (Wildman–Crippen LogP) is 1.60. The fraction of sp³-hybridized carbons (Fsp3) is 0.462. The monoisotopic (exact) mass is 315 g/mol. The number of aryl methyl sites for hydroxylation is 1. The number of esters is 1. The molecule has 0 spiro atoms. The molecule has 0 amide bonds. The molecule has 21 heavy (non-hydrogen) atoms. The molecule has 1 rings (SSSR count). The molecule has 8 heteroatoms. The third-order valence-electron chi connectivity index (χ3n) is 2.54. The molecule has 0 radical (unpaired) electrons. The number of hydrogen-bond acceptors (Lipinski definition) is 6. The van der Waals surface area contributed by atoms with Crippen molar-refractivity contribution in [1.82, 2.24) is 0 Å². The molecule has 0 aliphatic rings. The Kier molecular flexibility index (Phi) is 6.16. The second kappa shape index (κ2) is 7.63. The van der Waals surface area contributed by atoms with Crippen LogP contribution in [-0.4, -0.2) is 47.8 Å². The number of carboxylic acids is 2. The molecule has 0 aromatic carbocycles. The minimum Gasteiger partial charge on any atom is -0.481 e. The van der Waals surface area contributed by atoms with E-state index in [2.05, 4.69) is 0 Å². The number of thiophene rings is 1. The summed E-state index contributed by atoms with van der Waals surface area (Å²) in [4.78, 5) is 35.7. The molecule has 1 heterocycles. The average Bonchev–Trinajstić information content (AvgIpc) is 2.76. The zero-order valence-electron chi connectivity index (χ0n) is 11.8. The summed E-state index contributed by atoms with van der Waals surface area (Å²) in [5.74, 6) is -2.67. The Morgan fingerprint density at radius 3 is 2.48 bits per heavy atom. The van der Waals surface area contributed by atoms with E-state index in [1.54, 1.807) is 19.9 Å². The smallest absolute Gasteiger partial charge is 0.341 e. The second-order valence-electron chi connectivity index (χ2n) is 4.26. The van der Waals surface area contributed by atoms with Crippen molar-refractivity contribution in [3.05, 3.63) is 16.5 Å². The second-order valence-corrected chi connectivity index (χ2v) is 5.49. The van der Waals surface area contributed by atoms with Crippen molar-refractivity contribution in [2.45, 2.75) is 20.3 Å². The third kappa shape index (κ3) is 5.07. The van der Waals surface area contributed by atoms with Gasteiger partial charge in [0.25, 0.3) is 0 Å². The van der Waals surface area contributed by atoms with Crippen LogP contribution in [-0.2, 0) is 14.3 Å². The normalized spacial score (nSPS) is 10.2. The predicted molar refractivity (Wildman–Crippen MR) is 77.1 cm³/mol. The molecule has 0 atom stereocenters. The van der Waals surface area contributed by atoms with Crippen LogP contribution in [0.3, 0.4) is 0 Å². The van der Waals surface area contributed by atoms with Gasteiger partial charge in [-0.2, -0.15) is 0 Å². The zero-order valence-corrected chi connectivity index (χ0v) is 12.6. The lowest BCUT2D eigenvalue weighted by atomic mass is 10.2. The first-order valence-corrected chi connectivity index (χ1v) is 7.12. The summed E-state index contributed by atoms with van der Waals surface area (Å²) in [5, 5.41) is 18.1. The van der Waals surface area contributed by atoms with E-state index >= 15 is 0 Å². The molecule has 0 fully saturated rings. The average molecular weight is 315 g/mol. The number of rotatable bonds is 8. The van der Waals surface area contributed by atoms with Gasteiger partial charge in [0.2, 0.25) is 0 Å². The Balaban J connectivity index is 3.07. The Hall–Kier alpha value is -2.09. The van der Waals surface area contributed by atoms with E-state index in [9.17, 15) is 14.4 Å². The van der Waals surface area contributed by atoms with Gasteiger partial charge in [0.15, 0.2) is 0 Å². The van der Waals surface area contributed by atoms with Gasteiger partial charge in [0.05, 0.1) is 18.6 Å². The van der Waals surface area contributed by atoms with Crippen molar-refractivity contribution in [1.29, 1.82) is 0 Å². The fourth-order valence-electron chi connectivity index (χ4n) is 1.74. The van der Waals surface area contributed by atoms with Gasteiger partial charge in [-0.15, -0.1) is 11.3 Å². The Bertz CT molecular complexity index is 539. The summed E-state index contributed by atoms with van der Waals surface area (Å²) < 4.78 is 4.94. The Morgan fingerprint density at radius 1 is 1.29 bits per heavy atom. The van der Waals surface area contributed by atoms with Crippen LogP contribution in [0.25, 0.3) is 0 Å². The minimum atomic E-state index is -1.10. The minimum absolute atomic E-state index is 0.00793. The maximum Gasteiger partial charge on any atom is 0.341 e. The van der Waals surface area contributed by atoms with Gasteiger partial charge in [-0.1, -0.05) is 0 Å². The highest BCUT2D eigenvalue weighted by Gasteiger charge is 2.22. The number of anilines is 1. The molecule has 1 aromatic rings. The van der Waals surface area contributed by atoms with Crippen LogP contribution in [0.4, 0.5) is 5.00 Å². The first-order chi connectivity index (χ1) is 9.85. The molecule has 116 valence electrons. The van der Waals surface area contributed by atoms with Gasteiger partial charge in [-0.3, -0.25) is 9.59 Å². The van der Waals surface area contributed by atoms with Gasteiger partial charge >= 0.3 is 17.9 Å². The van der Waals surface area contributed by atoms with Gasteiger partial charge in [-0.25, -0.2) is 4.79 Å². The molecule has 0 bridgehead atoms. The molecule has 7 nitrogen and oxygen atoms in total. The number of hydrogen-bond donors (Lipinski definition) is 2. The highest BCUT2D eigenvalue weighted by Crippen LogP contribution is 2.32. The van der Waals surface area contributed by atoms with E-state index in [0.29, 0.717) is 5.00 Å². The standard InChI is InChI=1S/C13H17NO6S/c1-3-20-13(19)9-6-8(2)21-12(9)14(7-11(17)18)5-4-10(15)16/h6H,3-5,7H2,1-2H3,(H,15,16)(H,17,18). The quantitative estimate of drug-likeness (QED) is 0.702. The van der Waals surface area contributed by atoms with Crippen molar-refractivity contribution in [3.8, 4) is 0 Å². The van der Waals surface area contributed by atoms with Crippen LogP contribution in [0.15, 0.2) is 6.07 Å². The Morgan fingerprint density at radius 2 is 1.95 bits per heavy atom. The van der Waals surface area contributed by atoms with E-state index in [1.165, 1.54) is 16.2 Å². The summed E-state index contributed by atoms with van der Waals surface area (Å²) in [7, 11) is 0. The van der Waals surface area contributed by atoms with E-state index in [4.69, 9.17) is 14.9 Å². The number of carbonyl (C=O) groups excluding carboxylic acids is 1. The third-order valence-corrected chi connectivity index (χ3v) is 3.65. The van der Waals surface area contributed by atoms with E-state index in [0.717, 1.165) is 4.88 Å². The number of nitrogens with zero attached hydrogens (tertiary/aromatic N) is 1. The molecule has 0 saturated heterocycles. The van der Waals surface area contributed by atoms with Gasteiger partial charge in [-0.05, 0) is 19.9 Å². The van der Waals surface area contributed by atoms with Crippen LogP contribution < -0.4 is 4.90 Å². The van der Waals surface area contributed by atoms with E-state index < -0.39 is 17.9 Å². The van der Waals surface area contributed by atoms with Crippen LogP contribution in [0.5, 0.6) is 0 Å². The van der Waals surface area contributed by atoms with E-state index in [-0.39, 0.29) is 31.7 Å². The van der Waals surface area contributed by atoms with Gasteiger partial charge in [0, 0.05) is 11.4 Å². The summed E-state index contributed by atoms with van der Waals surface area (Å²) in [6, 6.07) is 1.62. The maximum atomic E-state index is 11.9. The van der Waals surface area contributed by atoms with Gasteiger partial charge < -0.3 is 19.8 Å². The lowest BCUT2D eigenvalue weighted by molar-refractivity contribution is -0.138. The SMILES string of the molecule is CCOC(=O)c1cc(C)sc1N(CCC(=O)O)CC(=O)O. The van der Waals surface area contributed by atoms with Crippen LogP contribution >= 0.6 is 11.3 Å². The summed E-state index contributed by atoms with van der Waals surface area (Å²) in [6.07, 6.45) is -0.216. The summed E-state index contributed by atoms with van der Waals surface area (Å²) in [6.45, 7) is 3.30. The van der Waals surface area contributed by atoms with Crippen molar-refractivity contribution in [2.24, 2.45) is 0 Å². The molecule has 1 aromatic heterocycles. The van der Waals surface area contributed by atoms with Crippen LogP contribution in [0, 0.1) is 6.92 Å². The van der Waals surface area contributed by atoms with Crippen LogP contribution in [0.1, 0.15) is 28.6 Å². The molecule has 0 aliphatic carbocycles. The zero-order chi connectivity index (χ0) is 16.0. The lowest BCUT2D eigenvalue weighted by Crippen LogP contribution is -2.32. The highest BCUT2D eigenvalue weighted by molar-refractivity contribution is 7.16. The van der Waals surface area contributed by atoms with Gasteiger partial charge in [0.1, 0.15) is 11.5 Å². The molecule has 0 saturated carbocycles. The fourth-order valence-corrected chi connectivity index (χ4v) is 2.76. The molecular weight excluding hydrogens is 298 g/mol. The lowest BCUT2D eigenvalue weighted by Gasteiger charge is -2.21. The number of ether oxygens (including phenoxy) is 1. The first-order valence-electron chi connectivity index (χ1n) is 6.31. The van der Waals surface area contributed by atoms with Crippen molar-refractivity contribution in [2.75, 3.05) is 24.6 Å². The van der Waals surface area contributed by atoms with Crippen LogP contribution in [0.2, 0.25) is 0 Å². The largest absolute Gasteiger partial charge is 0.481 e.